The molecule has 13 heavy (non-hydrogen) atoms. The van der Waals surface area contributed by atoms with Crippen LogP contribution in [0.5, 0.6) is 0 Å². The SMILES string of the molecule is CC/C=C(F)\C(=C/C(C)F)OCC. The molecule has 0 aliphatic heterocycles. The van der Waals surface area contributed by atoms with Gasteiger partial charge in [-0.05, 0) is 32.4 Å². The van der Waals surface area contributed by atoms with E-state index in [0.717, 1.165) is 6.08 Å². The van der Waals surface area contributed by atoms with E-state index in [1.807, 2.05) is 6.92 Å². The number of hydrogen-bond acceptors (Lipinski definition) is 1. The molecule has 1 atom stereocenters. The van der Waals surface area contributed by atoms with Gasteiger partial charge in [0.05, 0.1) is 6.61 Å². The van der Waals surface area contributed by atoms with E-state index in [1.54, 1.807) is 6.92 Å². The second kappa shape index (κ2) is 6.63. The maximum absolute atomic E-state index is 13.1. The van der Waals surface area contributed by atoms with Crippen LogP contribution in [-0.4, -0.2) is 12.8 Å². The Morgan fingerprint density at radius 3 is 2.46 bits per heavy atom. The molecule has 0 aromatic heterocycles. The summed E-state index contributed by atoms with van der Waals surface area (Å²) in [5.74, 6) is -0.492. The van der Waals surface area contributed by atoms with Gasteiger partial charge in [0.25, 0.3) is 0 Å². The fourth-order valence-corrected chi connectivity index (χ4v) is 0.841. The minimum Gasteiger partial charge on any atom is -0.491 e. The summed E-state index contributed by atoms with van der Waals surface area (Å²) in [5.41, 5.74) is 0. The van der Waals surface area contributed by atoms with Crippen LogP contribution in [0.2, 0.25) is 0 Å². The van der Waals surface area contributed by atoms with E-state index in [9.17, 15) is 8.78 Å². The molecule has 0 radical (unpaired) electrons. The summed E-state index contributed by atoms with van der Waals surface area (Å²) < 4.78 is 30.6. The van der Waals surface area contributed by atoms with Crippen molar-refractivity contribution < 1.29 is 13.5 Å². The number of alkyl halides is 1. The average molecular weight is 190 g/mol. The normalized spacial score (nSPS) is 15.8. The Hall–Kier alpha value is -0.860. The second-order valence-electron chi connectivity index (χ2n) is 2.60. The van der Waals surface area contributed by atoms with Gasteiger partial charge >= 0.3 is 0 Å². The lowest BCUT2D eigenvalue weighted by atomic mass is 10.3. The Morgan fingerprint density at radius 1 is 1.46 bits per heavy atom. The van der Waals surface area contributed by atoms with Gasteiger partial charge in [-0.2, -0.15) is 0 Å². The molecule has 76 valence electrons. The van der Waals surface area contributed by atoms with Crippen molar-refractivity contribution in [2.45, 2.75) is 33.4 Å². The molecule has 0 rings (SSSR count). The molecular weight excluding hydrogens is 174 g/mol. The van der Waals surface area contributed by atoms with Gasteiger partial charge in [-0.3, -0.25) is 0 Å². The Bertz CT molecular complexity index is 195. The second-order valence-corrected chi connectivity index (χ2v) is 2.60. The van der Waals surface area contributed by atoms with Crippen LogP contribution >= 0.6 is 0 Å². The Labute approximate surface area is 78.1 Å². The molecule has 0 saturated carbocycles. The lowest BCUT2D eigenvalue weighted by Crippen LogP contribution is -1.97. The van der Waals surface area contributed by atoms with Crippen molar-refractivity contribution in [1.82, 2.24) is 0 Å². The quantitative estimate of drug-likeness (QED) is 0.476. The lowest BCUT2D eigenvalue weighted by molar-refractivity contribution is 0.219. The van der Waals surface area contributed by atoms with Crippen LogP contribution in [0, 0.1) is 0 Å². The molecule has 0 aromatic carbocycles. The minimum absolute atomic E-state index is 0.000602. The van der Waals surface area contributed by atoms with Gasteiger partial charge in [-0.15, -0.1) is 0 Å². The maximum Gasteiger partial charge on any atom is 0.160 e. The third-order valence-electron chi connectivity index (χ3n) is 1.30. The zero-order valence-electron chi connectivity index (χ0n) is 8.31. The van der Waals surface area contributed by atoms with Crippen LogP contribution < -0.4 is 0 Å². The standard InChI is InChI=1S/C10H16F2O/c1-4-6-9(12)10(13-5-2)7-8(3)11/h6-8H,4-5H2,1-3H3/b9-6+,10-7+. The Balaban J connectivity index is 4.50. The zero-order valence-corrected chi connectivity index (χ0v) is 8.31. The van der Waals surface area contributed by atoms with E-state index in [1.165, 1.54) is 13.0 Å². The molecule has 0 saturated heterocycles. The molecule has 0 aliphatic carbocycles. The summed E-state index contributed by atoms with van der Waals surface area (Å²) in [6.07, 6.45) is 1.86. The van der Waals surface area contributed by atoms with E-state index in [4.69, 9.17) is 4.74 Å². The van der Waals surface area contributed by atoms with Crippen LogP contribution in [0.3, 0.4) is 0 Å². The third kappa shape index (κ3) is 5.39. The van der Waals surface area contributed by atoms with Crippen molar-refractivity contribution in [1.29, 1.82) is 0 Å². The van der Waals surface area contributed by atoms with Crippen LogP contribution in [0.1, 0.15) is 27.2 Å². The molecular formula is C10H16F2O. The predicted molar refractivity (Wildman–Crippen MR) is 49.8 cm³/mol. The van der Waals surface area contributed by atoms with Crippen LogP contribution in [-0.2, 0) is 4.74 Å². The van der Waals surface area contributed by atoms with Gasteiger partial charge in [0.1, 0.15) is 6.17 Å². The zero-order chi connectivity index (χ0) is 10.3. The van der Waals surface area contributed by atoms with E-state index in [2.05, 4.69) is 0 Å². The van der Waals surface area contributed by atoms with E-state index in [-0.39, 0.29) is 5.76 Å². The van der Waals surface area contributed by atoms with Crippen LogP contribution in [0.4, 0.5) is 8.78 Å². The first kappa shape index (κ1) is 12.1. The van der Waals surface area contributed by atoms with Crippen LogP contribution in [0.25, 0.3) is 0 Å². The third-order valence-corrected chi connectivity index (χ3v) is 1.30. The number of rotatable bonds is 5. The van der Waals surface area contributed by atoms with Crippen molar-refractivity contribution in [3.05, 3.63) is 23.7 Å². The topological polar surface area (TPSA) is 9.23 Å². The molecule has 1 unspecified atom stereocenters. The highest BCUT2D eigenvalue weighted by atomic mass is 19.1. The summed E-state index contributed by atoms with van der Waals surface area (Å²) in [7, 11) is 0. The lowest BCUT2D eigenvalue weighted by Gasteiger charge is -2.06. The fourth-order valence-electron chi connectivity index (χ4n) is 0.841. The van der Waals surface area contributed by atoms with Crippen molar-refractivity contribution in [2.75, 3.05) is 6.61 Å². The molecule has 0 aromatic rings. The summed E-state index contributed by atoms with van der Waals surface area (Å²) >= 11 is 0. The number of hydrogen-bond donors (Lipinski definition) is 0. The molecule has 0 aliphatic rings. The molecule has 0 bridgehead atoms. The smallest absolute Gasteiger partial charge is 0.160 e. The summed E-state index contributed by atoms with van der Waals surface area (Å²) in [6, 6.07) is 0. The summed E-state index contributed by atoms with van der Waals surface area (Å²) in [5, 5.41) is 0. The molecule has 1 nitrogen and oxygen atoms in total. The van der Waals surface area contributed by atoms with Gasteiger partial charge in [-0.1, -0.05) is 6.92 Å². The summed E-state index contributed by atoms with van der Waals surface area (Å²) in [4.78, 5) is 0. The van der Waals surface area contributed by atoms with Gasteiger partial charge in [0.15, 0.2) is 11.6 Å². The fraction of sp³-hybridized carbons (Fsp3) is 0.600. The van der Waals surface area contributed by atoms with Gasteiger partial charge in [-0.25, -0.2) is 8.78 Å². The van der Waals surface area contributed by atoms with E-state index >= 15 is 0 Å². The highest BCUT2D eigenvalue weighted by Crippen LogP contribution is 2.15. The number of halogens is 2. The molecule has 0 heterocycles. The molecule has 0 spiro atoms. The maximum atomic E-state index is 13.1. The summed E-state index contributed by atoms with van der Waals surface area (Å²) in [6.45, 7) is 5.21. The van der Waals surface area contributed by atoms with E-state index in [0.29, 0.717) is 13.0 Å². The minimum atomic E-state index is -1.20. The molecule has 0 amide bonds. The monoisotopic (exact) mass is 190 g/mol. The molecule has 0 fully saturated rings. The highest BCUT2D eigenvalue weighted by Gasteiger charge is 2.06. The van der Waals surface area contributed by atoms with Gasteiger partial charge < -0.3 is 4.74 Å². The number of ether oxygens (including phenoxy) is 1. The van der Waals surface area contributed by atoms with Crippen LogP contribution in [0.15, 0.2) is 23.7 Å². The predicted octanol–water partition coefficient (Wildman–Crippen LogP) is 3.53. The van der Waals surface area contributed by atoms with Gasteiger partial charge in [0.2, 0.25) is 0 Å². The first-order valence-corrected chi connectivity index (χ1v) is 4.46. The van der Waals surface area contributed by atoms with Crippen molar-refractivity contribution in [3.8, 4) is 0 Å². The van der Waals surface area contributed by atoms with Crippen molar-refractivity contribution in [2.24, 2.45) is 0 Å². The Kier molecular flexibility index (Phi) is 6.20. The number of allylic oxidation sites excluding steroid dienone is 3. The van der Waals surface area contributed by atoms with Gasteiger partial charge in [0, 0.05) is 0 Å². The average Bonchev–Trinajstić information content (AvgIpc) is 2.03. The first-order valence-electron chi connectivity index (χ1n) is 4.46. The first-order chi connectivity index (χ1) is 6.11. The molecule has 0 N–H and O–H groups in total. The highest BCUT2D eigenvalue weighted by molar-refractivity contribution is 5.20. The Morgan fingerprint density at radius 2 is 2.08 bits per heavy atom. The van der Waals surface area contributed by atoms with E-state index < -0.39 is 12.0 Å². The van der Waals surface area contributed by atoms with Crippen molar-refractivity contribution in [3.63, 3.8) is 0 Å². The largest absolute Gasteiger partial charge is 0.491 e. The molecule has 3 heteroatoms. The van der Waals surface area contributed by atoms with Crippen molar-refractivity contribution >= 4 is 0 Å².